The van der Waals surface area contributed by atoms with Crippen LogP contribution in [0.1, 0.15) is 11.3 Å². The molecule has 0 atom stereocenters. The maximum absolute atomic E-state index is 14.2. The Morgan fingerprint density at radius 3 is 2.70 bits per heavy atom. The first-order chi connectivity index (χ1) is 13.0. The molecule has 3 rings (SSSR count). The number of halogens is 3. The van der Waals surface area contributed by atoms with E-state index in [1.807, 2.05) is 12.1 Å². The Morgan fingerprint density at radius 2 is 1.93 bits per heavy atom. The van der Waals surface area contributed by atoms with Gasteiger partial charge in [-0.2, -0.15) is 0 Å². The van der Waals surface area contributed by atoms with Crippen LogP contribution in [0.25, 0.3) is 11.4 Å². The summed E-state index contributed by atoms with van der Waals surface area (Å²) in [6, 6.07) is 7.67. The van der Waals surface area contributed by atoms with Crippen LogP contribution in [-0.2, 0) is 6.42 Å². The van der Waals surface area contributed by atoms with Gasteiger partial charge < -0.3 is 10.1 Å². The fourth-order valence-electron chi connectivity index (χ4n) is 2.53. The first-order valence-electron chi connectivity index (χ1n) is 8.19. The molecule has 0 aliphatic carbocycles. The first kappa shape index (κ1) is 19.2. The average Bonchev–Trinajstić information content (AvgIpc) is 2.64. The number of anilines is 1. The molecule has 0 saturated carbocycles. The molecule has 0 unspecified atom stereocenters. The van der Waals surface area contributed by atoms with E-state index >= 15 is 0 Å². The molecule has 3 aromatic rings. The van der Waals surface area contributed by atoms with Crippen LogP contribution in [0.4, 0.5) is 14.6 Å². The van der Waals surface area contributed by atoms with Gasteiger partial charge in [-0.05, 0) is 53.0 Å². The van der Waals surface area contributed by atoms with Gasteiger partial charge in [0.2, 0.25) is 5.88 Å². The second-order valence-electron chi connectivity index (χ2n) is 5.85. The molecule has 0 bridgehead atoms. The fraction of sp³-hybridized carbons (Fsp3) is 0.211. The third-order valence-corrected chi connectivity index (χ3v) is 4.44. The molecule has 0 fully saturated rings. The fourth-order valence-corrected chi connectivity index (χ4v) is 2.84. The van der Waals surface area contributed by atoms with Crippen LogP contribution in [0.5, 0.6) is 5.88 Å². The van der Waals surface area contributed by atoms with Crippen molar-refractivity contribution in [1.29, 1.82) is 0 Å². The molecule has 27 heavy (non-hydrogen) atoms. The van der Waals surface area contributed by atoms with Gasteiger partial charge in [0.05, 0.1) is 17.1 Å². The van der Waals surface area contributed by atoms with E-state index in [0.717, 1.165) is 24.1 Å². The van der Waals surface area contributed by atoms with Gasteiger partial charge in [-0.25, -0.2) is 23.7 Å². The van der Waals surface area contributed by atoms with Crippen molar-refractivity contribution in [3.63, 3.8) is 0 Å². The lowest BCUT2D eigenvalue weighted by molar-refractivity contribution is 0.397. The van der Waals surface area contributed by atoms with Crippen molar-refractivity contribution in [3.8, 4) is 17.3 Å². The quantitative estimate of drug-likeness (QED) is 0.576. The van der Waals surface area contributed by atoms with Crippen LogP contribution >= 0.6 is 15.9 Å². The van der Waals surface area contributed by atoms with Crippen molar-refractivity contribution >= 4 is 21.7 Å². The average molecular weight is 435 g/mol. The predicted molar refractivity (Wildman–Crippen MR) is 103 cm³/mol. The van der Waals surface area contributed by atoms with Crippen molar-refractivity contribution < 1.29 is 13.5 Å². The van der Waals surface area contributed by atoms with Crippen molar-refractivity contribution in [3.05, 3.63) is 63.9 Å². The largest absolute Gasteiger partial charge is 0.481 e. The van der Waals surface area contributed by atoms with E-state index in [2.05, 4.69) is 36.2 Å². The van der Waals surface area contributed by atoms with Crippen LogP contribution in [0, 0.1) is 18.6 Å². The number of aromatic nitrogens is 3. The minimum Gasteiger partial charge on any atom is -0.481 e. The number of pyridine rings is 1. The number of nitrogens with one attached hydrogen (secondary N) is 1. The Kier molecular flexibility index (Phi) is 5.95. The lowest BCUT2D eigenvalue weighted by Gasteiger charge is -2.10. The van der Waals surface area contributed by atoms with E-state index in [1.165, 1.54) is 0 Å². The standard InChI is InChI=1S/C19H17BrF2N4O/c1-11-7-17(23-5-3-12-4-6-24-18(8-12)27-2)26-19(25-11)13-9-16(22)14(20)10-15(13)21/h4,6-10H,3,5H2,1-2H3,(H,23,25,26). The van der Waals surface area contributed by atoms with Crippen LogP contribution in [-0.4, -0.2) is 28.6 Å². The number of ether oxygens (including phenoxy) is 1. The Morgan fingerprint density at radius 1 is 1.11 bits per heavy atom. The summed E-state index contributed by atoms with van der Waals surface area (Å²) < 4.78 is 33.2. The van der Waals surface area contributed by atoms with Gasteiger partial charge in [-0.15, -0.1) is 0 Å². The second-order valence-corrected chi connectivity index (χ2v) is 6.70. The normalized spacial score (nSPS) is 10.7. The molecule has 0 saturated heterocycles. The van der Waals surface area contributed by atoms with Gasteiger partial charge in [-0.3, -0.25) is 0 Å². The third kappa shape index (κ3) is 4.77. The van der Waals surface area contributed by atoms with Crippen molar-refractivity contribution in [2.45, 2.75) is 13.3 Å². The van der Waals surface area contributed by atoms with Gasteiger partial charge in [0.25, 0.3) is 0 Å². The molecule has 8 heteroatoms. The number of hydrogen-bond acceptors (Lipinski definition) is 5. The number of aryl methyl sites for hydroxylation is 1. The molecular weight excluding hydrogens is 418 g/mol. The lowest BCUT2D eigenvalue weighted by Crippen LogP contribution is -2.08. The minimum atomic E-state index is -0.594. The summed E-state index contributed by atoms with van der Waals surface area (Å²) in [5, 5.41) is 3.19. The zero-order valence-corrected chi connectivity index (χ0v) is 16.3. The molecule has 5 nitrogen and oxygen atoms in total. The summed E-state index contributed by atoms with van der Waals surface area (Å²) >= 11 is 2.97. The van der Waals surface area contributed by atoms with Gasteiger partial charge in [0, 0.05) is 30.6 Å². The van der Waals surface area contributed by atoms with Gasteiger partial charge >= 0.3 is 0 Å². The molecule has 1 N–H and O–H groups in total. The molecule has 2 heterocycles. The number of hydrogen-bond donors (Lipinski definition) is 1. The highest BCUT2D eigenvalue weighted by Crippen LogP contribution is 2.26. The molecule has 0 radical (unpaired) electrons. The molecular formula is C19H17BrF2N4O. The topological polar surface area (TPSA) is 59.9 Å². The van der Waals surface area contributed by atoms with E-state index in [0.29, 0.717) is 23.9 Å². The Hall–Kier alpha value is -2.61. The SMILES string of the molecule is COc1cc(CCNc2cc(C)nc(-c3cc(F)c(Br)cc3F)n2)ccn1. The van der Waals surface area contributed by atoms with Crippen LogP contribution in [0.2, 0.25) is 0 Å². The van der Waals surface area contributed by atoms with Crippen molar-refractivity contribution in [1.82, 2.24) is 15.0 Å². The summed E-state index contributed by atoms with van der Waals surface area (Å²) in [6.45, 7) is 2.37. The summed E-state index contributed by atoms with van der Waals surface area (Å²) in [4.78, 5) is 12.6. The molecule has 2 aromatic heterocycles. The highest BCUT2D eigenvalue weighted by Gasteiger charge is 2.14. The predicted octanol–water partition coefficient (Wildman–Crippen LogP) is 4.55. The summed E-state index contributed by atoms with van der Waals surface area (Å²) in [5.74, 6) is 0.0648. The van der Waals surface area contributed by atoms with Crippen LogP contribution in [0.3, 0.4) is 0 Å². The Balaban J connectivity index is 1.76. The van der Waals surface area contributed by atoms with Gasteiger partial charge in [-0.1, -0.05) is 0 Å². The van der Waals surface area contributed by atoms with Crippen molar-refractivity contribution in [2.24, 2.45) is 0 Å². The molecule has 0 aliphatic rings. The third-order valence-electron chi connectivity index (χ3n) is 3.83. The summed E-state index contributed by atoms with van der Waals surface area (Å²) in [6.07, 6.45) is 2.41. The highest BCUT2D eigenvalue weighted by atomic mass is 79.9. The number of rotatable bonds is 6. The number of methoxy groups -OCH3 is 1. The molecule has 0 aliphatic heterocycles. The monoisotopic (exact) mass is 434 g/mol. The first-order valence-corrected chi connectivity index (χ1v) is 8.99. The molecule has 0 spiro atoms. The molecule has 0 amide bonds. The van der Waals surface area contributed by atoms with E-state index < -0.39 is 11.6 Å². The Labute approximate surface area is 164 Å². The molecule has 140 valence electrons. The number of nitrogens with zero attached hydrogens (tertiary/aromatic N) is 3. The maximum Gasteiger partial charge on any atom is 0.213 e. The maximum atomic E-state index is 14.2. The van der Waals surface area contributed by atoms with Gasteiger partial charge in [0.1, 0.15) is 17.5 Å². The highest BCUT2D eigenvalue weighted by molar-refractivity contribution is 9.10. The zero-order valence-electron chi connectivity index (χ0n) is 14.8. The summed E-state index contributed by atoms with van der Waals surface area (Å²) in [7, 11) is 1.57. The Bertz CT molecular complexity index is 968. The smallest absolute Gasteiger partial charge is 0.213 e. The van der Waals surface area contributed by atoms with E-state index in [1.54, 1.807) is 26.3 Å². The zero-order chi connectivity index (χ0) is 19.4. The van der Waals surface area contributed by atoms with Crippen LogP contribution in [0.15, 0.2) is 41.0 Å². The van der Waals surface area contributed by atoms with E-state index in [-0.39, 0.29) is 15.9 Å². The van der Waals surface area contributed by atoms with Gasteiger partial charge in [0.15, 0.2) is 5.82 Å². The number of benzene rings is 1. The second kappa shape index (κ2) is 8.39. The minimum absolute atomic E-state index is 0.0151. The van der Waals surface area contributed by atoms with E-state index in [9.17, 15) is 8.78 Å². The lowest BCUT2D eigenvalue weighted by atomic mass is 10.2. The molecule has 1 aromatic carbocycles. The summed E-state index contributed by atoms with van der Waals surface area (Å²) in [5.41, 5.74) is 1.72. The van der Waals surface area contributed by atoms with E-state index in [4.69, 9.17) is 4.74 Å². The van der Waals surface area contributed by atoms with Crippen molar-refractivity contribution in [2.75, 3.05) is 19.0 Å². The van der Waals surface area contributed by atoms with Crippen LogP contribution < -0.4 is 10.1 Å².